The quantitative estimate of drug-likeness (QED) is 0.486. The molecule has 0 unspecified atom stereocenters. The summed E-state index contributed by atoms with van der Waals surface area (Å²) in [7, 11) is 0.396. The molecule has 0 radical (unpaired) electrons. The summed E-state index contributed by atoms with van der Waals surface area (Å²) in [5, 5.41) is 8.51. The normalized spacial score (nSPS) is 11.8. The number of alkyl halides is 2. The molecule has 0 aliphatic rings. The summed E-state index contributed by atoms with van der Waals surface area (Å²) >= 11 is 5.30. The lowest BCUT2D eigenvalue weighted by atomic mass is 10.3. The van der Waals surface area contributed by atoms with Gasteiger partial charge >= 0.3 is 0 Å². The van der Waals surface area contributed by atoms with Gasteiger partial charge in [0.1, 0.15) is 10.7 Å². The van der Waals surface area contributed by atoms with E-state index in [4.69, 9.17) is 22.3 Å². The van der Waals surface area contributed by atoms with Gasteiger partial charge < -0.3 is 0 Å². The third kappa shape index (κ3) is 2.99. The lowest BCUT2D eigenvalue weighted by molar-refractivity contribution is -0.385. The largest absolute Gasteiger partial charge is 0.292 e. The van der Waals surface area contributed by atoms with Crippen molar-refractivity contribution < 1.29 is 22.1 Å². The smallest absolute Gasteiger partial charge is 0.258 e. The molecule has 11 heteroatoms. The first-order valence-corrected chi connectivity index (χ1v) is 6.41. The number of rotatable bonds is 3. The number of nitrogens with zero attached hydrogens (tertiary/aromatic N) is 2. The van der Waals surface area contributed by atoms with E-state index < -0.39 is 41.8 Å². The van der Waals surface area contributed by atoms with Crippen LogP contribution in [0.2, 0.25) is 5.02 Å². The van der Waals surface area contributed by atoms with Crippen molar-refractivity contribution in [3.8, 4) is 0 Å². The highest BCUT2D eigenvalue weighted by molar-refractivity contribution is 8.13. The average Bonchev–Trinajstić information content (AvgIpc) is 2.14. The summed E-state index contributed by atoms with van der Waals surface area (Å²) < 4.78 is 46.6. The second kappa shape index (κ2) is 4.67. The van der Waals surface area contributed by atoms with Gasteiger partial charge in [-0.1, -0.05) is 11.6 Å². The third-order valence-corrected chi connectivity index (χ3v) is 3.16. The van der Waals surface area contributed by atoms with Crippen LogP contribution in [0.1, 0.15) is 12.1 Å². The van der Waals surface area contributed by atoms with E-state index in [2.05, 4.69) is 4.98 Å². The molecule has 0 atom stereocenters. The number of aromatic nitrogens is 1. The van der Waals surface area contributed by atoms with E-state index in [9.17, 15) is 27.3 Å². The zero-order valence-corrected chi connectivity index (χ0v) is 9.93. The van der Waals surface area contributed by atoms with Gasteiger partial charge in [0, 0.05) is 10.7 Å². The van der Waals surface area contributed by atoms with E-state index in [1.54, 1.807) is 0 Å². The maximum absolute atomic E-state index is 12.4. The van der Waals surface area contributed by atoms with Gasteiger partial charge in [-0.2, -0.15) is 0 Å². The molecule has 0 amide bonds. The summed E-state index contributed by atoms with van der Waals surface area (Å²) in [5.74, 6) is 0. The zero-order chi connectivity index (χ0) is 13.4. The highest BCUT2D eigenvalue weighted by atomic mass is 35.7. The molecule has 0 saturated carbocycles. The highest BCUT2D eigenvalue weighted by Crippen LogP contribution is 2.34. The number of hydrogen-bond acceptors (Lipinski definition) is 5. The van der Waals surface area contributed by atoms with Crippen molar-refractivity contribution in [3.63, 3.8) is 0 Å². The van der Waals surface area contributed by atoms with E-state index in [0.717, 1.165) is 0 Å². The van der Waals surface area contributed by atoms with Crippen LogP contribution in [0.4, 0.5) is 14.5 Å². The monoisotopic (exact) mass is 306 g/mol. The summed E-state index contributed by atoms with van der Waals surface area (Å²) in [4.78, 5) is 12.4. The van der Waals surface area contributed by atoms with Crippen molar-refractivity contribution in [1.29, 1.82) is 0 Å². The Balaban J connectivity index is 3.65. The van der Waals surface area contributed by atoms with Gasteiger partial charge in [-0.25, -0.2) is 22.2 Å². The fourth-order valence-electron chi connectivity index (χ4n) is 0.914. The van der Waals surface area contributed by atoms with Crippen molar-refractivity contribution in [1.82, 2.24) is 4.98 Å². The minimum absolute atomic E-state index is 0.413. The lowest BCUT2D eigenvalue weighted by Gasteiger charge is -2.04. The van der Waals surface area contributed by atoms with Crippen molar-refractivity contribution in [2.75, 3.05) is 0 Å². The summed E-state index contributed by atoms with van der Waals surface area (Å²) in [6.07, 6.45) is -3.26. The molecule has 17 heavy (non-hydrogen) atoms. The molecule has 6 nitrogen and oxygen atoms in total. The van der Waals surface area contributed by atoms with Gasteiger partial charge in [-0.15, -0.1) is 0 Å². The number of halogens is 4. The van der Waals surface area contributed by atoms with E-state index in [1.165, 1.54) is 0 Å². The molecule has 0 aromatic carbocycles. The molecule has 1 aromatic heterocycles. The van der Waals surface area contributed by atoms with Gasteiger partial charge in [0.2, 0.25) is 0 Å². The third-order valence-electron chi connectivity index (χ3n) is 1.59. The predicted molar refractivity (Wildman–Crippen MR) is 53.9 cm³/mol. The van der Waals surface area contributed by atoms with Crippen LogP contribution in [-0.4, -0.2) is 18.3 Å². The Labute approximate surface area is 103 Å². The van der Waals surface area contributed by atoms with Crippen LogP contribution >= 0.6 is 22.3 Å². The second-order valence-electron chi connectivity index (χ2n) is 2.67. The molecule has 1 heterocycles. The molecule has 0 bridgehead atoms. The van der Waals surface area contributed by atoms with Crippen LogP contribution in [0.3, 0.4) is 0 Å². The first kappa shape index (κ1) is 14.0. The van der Waals surface area contributed by atoms with Crippen molar-refractivity contribution in [2.45, 2.75) is 11.5 Å². The van der Waals surface area contributed by atoms with Crippen LogP contribution in [0.5, 0.6) is 0 Å². The molecule has 0 aliphatic heterocycles. The van der Waals surface area contributed by atoms with Crippen LogP contribution < -0.4 is 0 Å². The molecule has 1 aromatic rings. The Morgan fingerprint density at radius 1 is 1.47 bits per heavy atom. The zero-order valence-electron chi connectivity index (χ0n) is 7.60. The summed E-state index contributed by atoms with van der Waals surface area (Å²) in [6.45, 7) is 0. The fraction of sp³-hybridized carbons (Fsp3) is 0.167. The van der Waals surface area contributed by atoms with E-state index in [-0.39, 0.29) is 0 Å². The first-order valence-electron chi connectivity index (χ1n) is 3.72. The summed E-state index contributed by atoms with van der Waals surface area (Å²) in [5.41, 5.74) is -2.21. The molecule has 94 valence electrons. The van der Waals surface area contributed by atoms with Gasteiger partial charge in [0.25, 0.3) is 21.2 Å². The van der Waals surface area contributed by atoms with Crippen LogP contribution in [0, 0.1) is 10.1 Å². The maximum atomic E-state index is 12.4. The lowest BCUT2D eigenvalue weighted by Crippen LogP contribution is -2.04. The van der Waals surface area contributed by atoms with Crippen molar-refractivity contribution >= 4 is 37.0 Å². The van der Waals surface area contributed by atoms with Gasteiger partial charge in [0.15, 0.2) is 5.03 Å². The van der Waals surface area contributed by atoms with E-state index >= 15 is 0 Å². The molecular formula is C6H2Cl2F2N2O4S. The van der Waals surface area contributed by atoms with Gasteiger partial charge in [-0.05, 0) is 0 Å². The van der Waals surface area contributed by atoms with E-state index in [1.807, 2.05) is 0 Å². The van der Waals surface area contributed by atoms with E-state index in [0.29, 0.717) is 6.07 Å². The average molecular weight is 307 g/mol. The molecule has 0 N–H and O–H groups in total. The Bertz CT molecular complexity index is 578. The topological polar surface area (TPSA) is 90.2 Å². The molecular weight excluding hydrogens is 305 g/mol. The number of pyridine rings is 1. The minimum atomic E-state index is -4.47. The van der Waals surface area contributed by atoms with Crippen molar-refractivity contribution in [2.24, 2.45) is 0 Å². The molecule has 0 fully saturated rings. The molecule has 0 spiro atoms. The van der Waals surface area contributed by atoms with Crippen LogP contribution in [-0.2, 0) is 9.05 Å². The summed E-state index contributed by atoms with van der Waals surface area (Å²) in [6, 6.07) is 0.413. The Morgan fingerprint density at radius 2 is 2.00 bits per heavy atom. The fourth-order valence-corrected chi connectivity index (χ4v) is 1.86. The van der Waals surface area contributed by atoms with Gasteiger partial charge in [-0.3, -0.25) is 10.1 Å². The Kier molecular flexibility index (Phi) is 3.84. The molecule has 0 aliphatic carbocycles. The van der Waals surface area contributed by atoms with Crippen LogP contribution in [0.25, 0.3) is 0 Å². The second-order valence-corrected chi connectivity index (χ2v) is 5.57. The van der Waals surface area contributed by atoms with Gasteiger partial charge in [0.05, 0.1) is 11.0 Å². The number of hydrogen-bond donors (Lipinski definition) is 0. The Hall–Kier alpha value is -1.06. The first-order chi connectivity index (χ1) is 7.64. The van der Waals surface area contributed by atoms with Crippen LogP contribution in [0.15, 0.2) is 11.1 Å². The predicted octanol–water partition coefficient (Wildman–Crippen LogP) is 2.51. The standard InChI is InChI=1S/C6H2Cl2F2N2O4S/c7-4-2(12(13)14)1-3(17(8,15)16)11-5(4)6(9)10/h1,6H. The van der Waals surface area contributed by atoms with Crippen molar-refractivity contribution in [3.05, 3.63) is 26.9 Å². The number of nitro groups is 1. The SMILES string of the molecule is O=[N+]([O-])c1cc(S(=O)(=O)Cl)nc(C(F)F)c1Cl. The Morgan fingerprint density at radius 3 is 2.35 bits per heavy atom. The highest BCUT2D eigenvalue weighted by Gasteiger charge is 2.28. The minimum Gasteiger partial charge on any atom is -0.258 e. The maximum Gasteiger partial charge on any atom is 0.292 e. The molecule has 1 rings (SSSR count). The molecule has 0 saturated heterocycles.